The van der Waals surface area contributed by atoms with Crippen molar-refractivity contribution >= 4 is 0 Å². The number of hydrogen-bond acceptors (Lipinski definition) is 5. The number of aliphatic hydroxyl groups excluding tert-OH is 1. The summed E-state index contributed by atoms with van der Waals surface area (Å²) in [7, 11) is 1.74. The molecule has 0 spiro atoms. The summed E-state index contributed by atoms with van der Waals surface area (Å²) in [6.07, 6.45) is 1.70. The van der Waals surface area contributed by atoms with Crippen molar-refractivity contribution in [1.82, 2.24) is 4.90 Å². The number of aliphatic hydroxyl groups is 1. The van der Waals surface area contributed by atoms with E-state index in [9.17, 15) is 5.11 Å². The zero-order chi connectivity index (χ0) is 14.7. The average molecular weight is 293 g/mol. The van der Waals surface area contributed by atoms with Gasteiger partial charge < -0.3 is 19.3 Å². The number of methoxy groups -OCH3 is 1. The minimum atomic E-state index is -0.516. The summed E-state index contributed by atoms with van der Waals surface area (Å²) in [6.45, 7) is 3.83. The fourth-order valence-electron chi connectivity index (χ4n) is 2.89. The smallest absolute Gasteiger partial charge is 0.161 e. The lowest BCUT2D eigenvalue weighted by atomic mass is 10.1. The van der Waals surface area contributed by atoms with Crippen molar-refractivity contribution in [3.63, 3.8) is 0 Å². The Bertz CT molecular complexity index is 479. The molecule has 1 fully saturated rings. The molecule has 1 aromatic carbocycles. The van der Waals surface area contributed by atoms with E-state index in [2.05, 4.69) is 4.90 Å². The molecule has 0 bridgehead atoms. The first-order valence-electron chi connectivity index (χ1n) is 7.59. The van der Waals surface area contributed by atoms with E-state index >= 15 is 0 Å². The maximum absolute atomic E-state index is 10.4. The highest BCUT2D eigenvalue weighted by molar-refractivity contribution is 5.44. The third-order valence-electron chi connectivity index (χ3n) is 4.15. The Balaban J connectivity index is 1.64. The summed E-state index contributed by atoms with van der Waals surface area (Å²) in [5.41, 5.74) is 0.875. The van der Waals surface area contributed by atoms with Crippen LogP contribution in [-0.2, 0) is 4.74 Å². The van der Waals surface area contributed by atoms with Gasteiger partial charge in [-0.1, -0.05) is 6.07 Å². The summed E-state index contributed by atoms with van der Waals surface area (Å²) in [6, 6.07) is 5.71. The largest absolute Gasteiger partial charge is 0.490 e. The van der Waals surface area contributed by atoms with E-state index in [0.717, 1.165) is 43.0 Å². The SMILES string of the molecule is COC1CCN(CC(O)c2ccc3c(c2)OCCCO3)C1. The third-order valence-corrected chi connectivity index (χ3v) is 4.15. The predicted molar refractivity (Wildman–Crippen MR) is 78.9 cm³/mol. The van der Waals surface area contributed by atoms with E-state index in [4.69, 9.17) is 14.2 Å². The molecule has 5 heteroatoms. The number of benzene rings is 1. The van der Waals surface area contributed by atoms with Gasteiger partial charge in [0.1, 0.15) is 0 Å². The van der Waals surface area contributed by atoms with Crippen LogP contribution in [0.25, 0.3) is 0 Å². The van der Waals surface area contributed by atoms with E-state index in [1.54, 1.807) is 7.11 Å². The zero-order valence-electron chi connectivity index (χ0n) is 12.5. The lowest BCUT2D eigenvalue weighted by Crippen LogP contribution is -2.27. The Labute approximate surface area is 125 Å². The molecule has 2 unspecified atom stereocenters. The predicted octanol–water partition coefficient (Wildman–Crippen LogP) is 1.60. The maximum Gasteiger partial charge on any atom is 0.161 e. The van der Waals surface area contributed by atoms with Gasteiger partial charge in [-0.15, -0.1) is 0 Å². The Kier molecular flexibility index (Phi) is 4.63. The monoisotopic (exact) mass is 293 g/mol. The molecular weight excluding hydrogens is 270 g/mol. The summed E-state index contributed by atoms with van der Waals surface area (Å²) < 4.78 is 16.6. The van der Waals surface area contributed by atoms with Crippen molar-refractivity contribution < 1.29 is 19.3 Å². The second-order valence-electron chi connectivity index (χ2n) is 5.68. The van der Waals surface area contributed by atoms with Gasteiger partial charge in [0, 0.05) is 33.2 Å². The molecule has 116 valence electrons. The van der Waals surface area contributed by atoms with Crippen LogP contribution in [0.2, 0.25) is 0 Å². The number of likely N-dealkylation sites (tertiary alicyclic amines) is 1. The van der Waals surface area contributed by atoms with Crippen LogP contribution in [0, 0.1) is 0 Å². The van der Waals surface area contributed by atoms with Gasteiger partial charge in [0.05, 0.1) is 25.4 Å². The molecular formula is C16H23NO4. The van der Waals surface area contributed by atoms with Crippen molar-refractivity contribution in [3.05, 3.63) is 23.8 Å². The van der Waals surface area contributed by atoms with Crippen LogP contribution in [-0.4, -0.2) is 56.1 Å². The molecule has 1 saturated heterocycles. The Morgan fingerprint density at radius 1 is 1.33 bits per heavy atom. The van der Waals surface area contributed by atoms with Crippen LogP contribution in [0.5, 0.6) is 11.5 Å². The van der Waals surface area contributed by atoms with Gasteiger partial charge >= 0.3 is 0 Å². The van der Waals surface area contributed by atoms with Gasteiger partial charge in [0.2, 0.25) is 0 Å². The van der Waals surface area contributed by atoms with Crippen molar-refractivity contribution in [3.8, 4) is 11.5 Å². The average Bonchev–Trinajstić information content (AvgIpc) is 2.82. The number of fused-ring (bicyclic) bond motifs is 1. The van der Waals surface area contributed by atoms with Crippen molar-refractivity contribution in [2.75, 3.05) is 40.0 Å². The molecule has 0 aromatic heterocycles. The molecule has 0 aliphatic carbocycles. The van der Waals surface area contributed by atoms with Crippen LogP contribution in [0.1, 0.15) is 24.5 Å². The Morgan fingerprint density at radius 2 is 2.14 bits per heavy atom. The number of rotatable bonds is 4. The summed E-state index contributed by atoms with van der Waals surface area (Å²) in [4.78, 5) is 2.24. The van der Waals surface area contributed by atoms with E-state index in [0.29, 0.717) is 25.9 Å². The van der Waals surface area contributed by atoms with E-state index in [-0.39, 0.29) is 0 Å². The fraction of sp³-hybridized carbons (Fsp3) is 0.625. The van der Waals surface area contributed by atoms with E-state index in [1.807, 2.05) is 18.2 Å². The summed E-state index contributed by atoms with van der Waals surface area (Å²) in [5.74, 6) is 1.50. The summed E-state index contributed by atoms with van der Waals surface area (Å²) in [5, 5.41) is 10.4. The molecule has 5 nitrogen and oxygen atoms in total. The van der Waals surface area contributed by atoms with Gasteiger partial charge in [-0.25, -0.2) is 0 Å². The highest BCUT2D eigenvalue weighted by atomic mass is 16.5. The lowest BCUT2D eigenvalue weighted by molar-refractivity contribution is 0.0897. The van der Waals surface area contributed by atoms with Crippen LogP contribution in [0.15, 0.2) is 18.2 Å². The molecule has 1 aromatic rings. The van der Waals surface area contributed by atoms with Crippen molar-refractivity contribution in [2.24, 2.45) is 0 Å². The highest BCUT2D eigenvalue weighted by Crippen LogP contribution is 2.32. The number of β-amino-alcohol motifs (C(OH)–C–C–N with tert-alkyl or cyclic N) is 1. The molecule has 2 aliphatic heterocycles. The molecule has 2 heterocycles. The highest BCUT2D eigenvalue weighted by Gasteiger charge is 2.24. The zero-order valence-corrected chi connectivity index (χ0v) is 12.5. The molecule has 21 heavy (non-hydrogen) atoms. The molecule has 0 amide bonds. The van der Waals surface area contributed by atoms with E-state index < -0.39 is 6.10 Å². The molecule has 2 atom stereocenters. The molecule has 0 radical (unpaired) electrons. The second kappa shape index (κ2) is 6.64. The second-order valence-corrected chi connectivity index (χ2v) is 5.68. The van der Waals surface area contributed by atoms with Crippen LogP contribution in [0.4, 0.5) is 0 Å². The normalized spacial score (nSPS) is 23.8. The Hall–Kier alpha value is -1.30. The van der Waals surface area contributed by atoms with Crippen LogP contribution in [0.3, 0.4) is 0 Å². The number of ether oxygens (including phenoxy) is 3. The van der Waals surface area contributed by atoms with Gasteiger partial charge in [0.25, 0.3) is 0 Å². The quantitative estimate of drug-likeness (QED) is 0.914. The van der Waals surface area contributed by atoms with E-state index in [1.165, 1.54) is 0 Å². The van der Waals surface area contributed by atoms with Gasteiger partial charge in [0.15, 0.2) is 11.5 Å². The molecule has 1 N–H and O–H groups in total. The van der Waals surface area contributed by atoms with Crippen molar-refractivity contribution in [1.29, 1.82) is 0 Å². The minimum Gasteiger partial charge on any atom is -0.490 e. The van der Waals surface area contributed by atoms with Gasteiger partial charge in [-0.3, -0.25) is 4.90 Å². The number of hydrogen-bond donors (Lipinski definition) is 1. The van der Waals surface area contributed by atoms with Crippen LogP contribution >= 0.6 is 0 Å². The topological polar surface area (TPSA) is 51.2 Å². The minimum absolute atomic E-state index is 0.293. The molecule has 2 aliphatic rings. The molecule has 0 saturated carbocycles. The van der Waals surface area contributed by atoms with Gasteiger partial charge in [-0.2, -0.15) is 0 Å². The summed E-state index contributed by atoms with van der Waals surface area (Å²) >= 11 is 0. The molecule has 3 rings (SSSR count). The lowest BCUT2D eigenvalue weighted by Gasteiger charge is -2.20. The first kappa shape index (κ1) is 14.6. The van der Waals surface area contributed by atoms with Crippen LogP contribution < -0.4 is 9.47 Å². The standard InChI is InChI=1S/C16H23NO4/c1-19-13-5-6-17(10-13)11-14(18)12-3-4-15-16(9-12)21-8-2-7-20-15/h3-4,9,13-14,18H,2,5-8,10-11H2,1H3. The van der Waals surface area contributed by atoms with Gasteiger partial charge in [-0.05, 0) is 24.1 Å². The Morgan fingerprint density at radius 3 is 2.90 bits per heavy atom. The maximum atomic E-state index is 10.4. The first-order valence-corrected chi connectivity index (χ1v) is 7.59. The fourth-order valence-corrected chi connectivity index (χ4v) is 2.89. The number of nitrogens with zero attached hydrogens (tertiary/aromatic N) is 1. The first-order chi connectivity index (χ1) is 10.3. The third kappa shape index (κ3) is 3.48. The van der Waals surface area contributed by atoms with Crippen molar-refractivity contribution in [2.45, 2.75) is 25.0 Å².